The van der Waals surface area contributed by atoms with Gasteiger partial charge in [-0.1, -0.05) is 29.8 Å². The van der Waals surface area contributed by atoms with Gasteiger partial charge in [0.1, 0.15) is 11.5 Å². The van der Waals surface area contributed by atoms with Gasteiger partial charge in [0.2, 0.25) is 5.75 Å². The van der Waals surface area contributed by atoms with Crippen LogP contribution < -0.4 is 29.0 Å². The van der Waals surface area contributed by atoms with Crippen molar-refractivity contribution in [2.45, 2.75) is 6.92 Å². The summed E-state index contributed by atoms with van der Waals surface area (Å²) in [5, 5.41) is 3.32. The minimum absolute atomic E-state index is 0.386. The van der Waals surface area contributed by atoms with Crippen LogP contribution in [0.5, 0.6) is 28.7 Å². The average Bonchev–Trinajstić information content (AvgIpc) is 2.84. The van der Waals surface area contributed by atoms with Gasteiger partial charge in [-0.25, -0.2) is 4.79 Å². The van der Waals surface area contributed by atoms with Gasteiger partial charge in [0, 0.05) is 5.02 Å². The third kappa shape index (κ3) is 5.94. The summed E-state index contributed by atoms with van der Waals surface area (Å²) in [6, 6.07) is 14.1. The number of rotatable bonds is 8. The summed E-state index contributed by atoms with van der Waals surface area (Å²) in [5.74, 6) is 2.51. The maximum absolute atomic E-state index is 12.5. The molecule has 3 aromatic carbocycles. The van der Waals surface area contributed by atoms with E-state index in [9.17, 15) is 4.79 Å². The predicted octanol–water partition coefficient (Wildman–Crippen LogP) is 6.46. The van der Waals surface area contributed by atoms with Crippen molar-refractivity contribution in [2.75, 3.05) is 33.8 Å². The molecule has 0 bridgehead atoms. The van der Waals surface area contributed by atoms with Gasteiger partial charge in [0.05, 0.1) is 34.1 Å². The number of benzene rings is 3. The summed E-state index contributed by atoms with van der Waals surface area (Å²) >= 11 is 6.03. The molecule has 0 aliphatic heterocycles. The zero-order valence-electron chi connectivity index (χ0n) is 19.6. The quantitative estimate of drug-likeness (QED) is 0.370. The lowest BCUT2D eigenvalue weighted by atomic mass is 10.1. The molecule has 3 aromatic rings. The van der Waals surface area contributed by atoms with Crippen LogP contribution in [0.3, 0.4) is 0 Å². The number of ether oxygens (including phenoxy) is 5. The van der Waals surface area contributed by atoms with Crippen LogP contribution in [0.15, 0.2) is 48.5 Å². The first-order valence-electron chi connectivity index (χ1n) is 10.3. The van der Waals surface area contributed by atoms with E-state index in [-0.39, 0.29) is 0 Å². The topological polar surface area (TPSA) is 75.3 Å². The zero-order valence-corrected chi connectivity index (χ0v) is 20.4. The molecular formula is C26H26ClNO6. The molecule has 0 heterocycles. The number of anilines is 1. The Hall–Kier alpha value is -3.84. The number of amides is 1. The van der Waals surface area contributed by atoms with E-state index in [0.29, 0.717) is 39.5 Å². The molecule has 8 heteroatoms. The highest BCUT2D eigenvalue weighted by Gasteiger charge is 2.13. The van der Waals surface area contributed by atoms with E-state index in [2.05, 4.69) is 5.32 Å². The zero-order chi connectivity index (χ0) is 24.7. The second kappa shape index (κ2) is 11.3. The maximum atomic E-state index is 12.5. The molecule has 7 nitrogen and oxygen atoms in total. The Balaban J connectivity index is 1.81. The highest BCUT2D eigenvalue weighted by Crippen LogP contribution is 2.38. The first-order chi connectivity index (χ1) is 16.4. The molecule has 0 aliphatic rings. The first-order valence-corrected chi connectivity index (χ1v) is 10.7. The number of nitrogens with one attached hydrogen (secondary N) is 1. The van der Waals surface area contributed by atoms with Gasteiger partial charge in [-0.15, -0.1) is 0 Å². The number of hydrogen-bond acceptors (Lipinski definition) is 6. The highest BCUT2D eigenvalue weighted by molar-refractivity contribution is 6.31. The number of carbonyl (C=O) groups excluding carboxylic acids is 1. The third-order valence-corrected chi connectivity index (χ3v) is 5.38. The summed E-state index contributed by atoms with van der Waals surface area (Å²) in [6.07, 6.45) is 3.13. The molecule has 3 rings (SSSR count). The predicted molar refractivity (Wildman–Crippen MR) is 134 cm³/mol. The highest BCUT2D eigenvalue weighted by atomic mass is 35.5. The molecule has 0 fully saturated rings. The second-order valence-electron chi connectivity index (χ2n) is 7.18. The Morgan fingerprint density at radius 3 is 2.03 bits per heavy atom. The van der Waals surface area contributed by atoms with E-state index in [4.69, 9.17) is 35.3 Å². The number of methoxy groups -OCH3 is 4. The maximum Gasteiger partial charge on any atom is 0.417 e. The van der Waals surface area contributed by atoms with Crippen LogP contribution in [0.4, 0.5) is 10.5 Å². The van der Waals surface area contributed by atoms with Gasteiger partial charge in [0.25, 0.3) is 0 Å². The lowest BCUT2D eigenvalue weighted by molar-refractivity contribution is 0.215. The standard InChI is InChI=1S/C26H26ClNO6/c1-16-12-19(9-10-20(16)27)34-26(29)28-21-13-17(8-11-22(21)30-2)6-7-18-14-23(31-3)25(33-5)24(15-18)32-4/h6-15H,1-5H3,(H,28,29)/b7-6-. The van der Waals surface area contributed by atoms with E-state index in [1.54, 1.807) is 51.7 Å². The van der Waals surface area contributed by atoms with Crippen molar-refractivity contribution < 1.29 is 28.5 Å². The number of halogens is 1. The molecule has 178 valence electrons. The first kappa shape index (κ1) is 24.8. The fourth-order valence-electron chi connectivity index (χ4n) is 3.24. The normalized spacial score (nSPS) is 10.6. The second-order valence-corrected chi connectivity index (χ2v) is 7.58. The fraction of sp³-hybridized carbons (Fsp3) is 0.192. The number of carbonyl (C=O) groups is 1. The molecule has 0 saturated carbocycles. The van der Waals surface area contributed by atoms with Crippen molar-refractivity contribution in [1.29, 1.82) is 0 Å². The Morgan fingerprint density at radius 1 is 0.794 bits per heavy atom. The summed E-state index contributed by atoms with van der Waals surface area (Å²) in [7, 11) is 6.22. The minimum Gasteiger partial charge on any atom is -0.495 e. The van der Waals surface area contributed by atoms with Crippen LogP contribution in [0.2, 0.25) is 5.02 Å². The molecule has 0 saturated heterocycles. The van der Waals surface area contributed by atoms with Crippen LogP contribution in [-0.4, -0.2) is 34.5 Å². The fourth-order valence-corrected chi connectivity index (χ4v) is 3.36. The summed E-state index contributed by atoms with van der Waals surface area (Å²) in [5.41, 5.74) is 2.94. The largest absolute Gasteiger partial charge is 0.495 e. The molecule has 0 unspecified atom stereocenters. The summed E-state index contributed by atoms with van der Waals surface area (Å²) in [4.78, 5) is 12.5. The Bertz CT molecular complexity index is 1180. The molecule has 0 spiro atoms. The molecular weight excluding hydrogens is 458 g/mol. The lowest BCUT2D eigenvalue weighted by Crippen LogP contribution is -2.17. The van der Waals surface area contributed by atoms with Crippen molar-refractivity contribution in [3.63, 3.8) is 0 Å². The molecule has 1 amide bonds. The van der Waals surface area contributed by atoms with Crippen molar-refractivity contribution >= 4 is 35.5 Å². The van der Waals surface area contributed by atoms with Crippen molar-refractivity contribution in [1.82, 2.24) is 0 Å². The summed E-state index contributed by atoms with van der Waals surface area (Å²) < 4.78 is 26.9. The Labute approximate surface area is 203 Å². The Kier molecular flexibility index (Phi) is 8.27. The van der Waals surface area contributed by atoms with Gasteiger partial charge < -0.3 is 23.7 Å². The van der Waals surface area contributed by atoms with Crippen LogP contribution >= 0.6 is 11.6 Å². The number of aryl methyl sites for hydroxylation is 1. The van der Waals surface area contributed by atoms with Crippen molar-refractivity contribution in [3.8, 4) is 28.7 Å². The minimum atomic E-state index is -0.647. The lowest BCUT2D eigenvalue weighted by Gasteiger charge is -2.13. The van der Waals surface area contributed by atoms with E-state index < -0.39 is 6.09 Å². The monoisotopic (exact) mass is 483 g/mol. The van der Waals surface area contributed by atoms with Crippen LogP contribution in [0.25, 0.3) is 12.2 Å². The molecule has 1 N–H and O–H groups in total. The van der Waals surface area contributed by atoms with Crippen LogP contribution in [0, 0.1) is 6.92 Å². The number of hydrogen-bond donors (Lipinski definition) is 1. The van der Waals surface area contributed by atoms with Gasteiger partial charge in [0.15, 0.2) is 11.5 Å². The van der Waals surface area contributed by atoms with E-state index >= 15 is 0 Å². The van der Waals surface area contributed by atoms with E-state index in [1.165, 1.54) is 7.11 Å². The SMILES string of the molecule is COc1ccc(/C=C\c2cc(OC)c(OC)c(OC)c2)cc1NC(=O)Oc1ccc(Cl)c(C)c1. The molecule has 0 atom stereocenters. The van der Waals surface area contributed by atoms with Gasteiger partial charge >= 0.3 is 6.09 Å². The Morgan fingerprint density at radius 2 is 1.44 bits per heavy atom. The van der Waals surface area contributed by atoms with Gasteiger partial charge in [-0.05, 0) is 66.1 Å². The van der Waals surface area contributed by atoms with Gasteiger partial charge in [-0.2, -0.15) is 0 Å². The van der Waals surface area contributed by atoms with Gasteiger partial charge in [-0.3, -0.25) is 5.32 Å². The average molecular weight is 484 g/mol. The van der Waals surface area contributed by atoms with Crippen LogP contribution in [-0.2, 0) is 0 Å². The summed E-state index contributed by atoms with van der Waals surface area (Å²) in [6.45, 7) is 1.83. The van der Waals surface area contributed by atoms with E-state index in [1.807, 2.05) is 37.3 Å². The third-order valence-electron chi connectivity index (χ3n) is 4.96. The van der Waals surface area contributed by atoms with Crippen molar-refractivity contribution in [2.24, 2.45) is 0 Å². The molecule has 0 radical (unpaired) electrons. The van der Waals surface area contributed by atoms with E-state index in [0.717, 1.165) is 16.7 Å². The smallest absolute Gasteiger partial charge is 0.417 e. The molecule has 34 heavy (non-hydrogen) atoms. The molecule has 0 aliphatic carbocycles. The molecule has 0 aromatic heterocycles. The van der Waals surface area contributed by atoms with Crippen molar-refractivity contribution in [3.05, 3.63) is 70.2 Å². The van der Waals surface area contributed by atoms with Crippen LogP contribution in [0.1, 0.15) is 16.7 Å².